The molecule has 0 radical (unpaired) electrons. The molecule has 4 aromatic rings. The van der Waals surface area contributed by atoms with Crippen molar-refractivity contribution in [3.05, 3.63) is 77.9 Å². The predicted molar refractivity (Wildman–Crippen MR) is 105 cm³/mol. The Morgan fingerprint density at radius 3 is 2.56 bits per heavy atom. The predicted octanol–water partition coefficient (Wildman–Crippen LogP) is 4.88. The van der Waals surface area contributed by atoms with Gasteiger partial charge in [-0.25, -0.2) is 4.98 Å². The highest BCUT2D eigenvalue weighted by molar-refractivity contribution is 5.82. The molecule has 0 saturated heterocycles. The van der Waals surface area contributed by atoms with Crippen LogP contribution in [0.1, 0.15) is 17.0 Å². The smallest absolute Gasteiger partial charge is 0.133 e. The third kappa shape index (κ3) is 3.36. The summed E-state index contributed by atoms with van der Waals surface area (Å²) in [6.07, 6.45) is 1.85. The summed E-state index contributed by atoms with van der Waals surface area (Å²) in [7, 11) is 1.70. The number of benzene rings is 2. The van der Waals surface area contributed by atoms with Crippen molar-refractivity contribution in [3.8, 4) is 28.3 Å². The van der Waals surface area contributed by atoms with Gasteiger partial charge >= 0.3 is 0 Å². The second kappa shape index (κ2) is 7.11. The van der Waals surface area contributed by atoms with Crippen LogP contribution < -0.4 is 4.74 Å². The molecule has 5 nitrogen and oxygen atoms in total. The van der Waals surface area contributed by atoms with Gasteiger partial charge in [0.25, 0.3) is 0 Å². The monoisotopic (exact) mass is 359 g/mol. The molecule has 0 fully saturated rings. The summed E-state index contributed by atoms with van der Waals surface area (Å²) in [5.41, 5.74) is 5.98. The number of nitrogens with zero attached hydrogens (tertiary/aromatic N) is 3. The maximum absolute atomic E-state index is 5.67. The van der Waals surface area contributed by atoms with E-state index in [1.54, 1.807) is 7.11 Å². The van der Waals surface area contributed by atoms with Gasteiger partial charge in [0.15, 0.2) is 0 Å². The van der Waals surface area contributed by atoms with Crippen molar-refractivity contribution >= 4 is 0 Å². The molecule has 5 heteroatoms. The van der Waals surface area contributed by atoms with Crippen molar-refractivity contribution in [2.24, 2.45) is 0 Å². The van der Waals surface area contributed by atoms with E-state index in [-0.39, 0.29) is 0 Å². The standard InChI is InChI=1S/C22H21N3O2/c1-15-9-10-19(20(11-15)26-3)22-21(17-7-5-4-6-8-17)23-14-25(22)13-18-12-16(2)27-24-18/h4-12,14H,13H2,1-3H3. The Kier molecular flexibility index (Phi) is 4.50. The first-order valence-electron chi connectivity index (χ1n) is 8.83. The Labute approximate surface area is 158 Å². The van der Waals surface area contributed by atoms with E-state index in [2.05, 4.69) is 40.9 Å². The number of hydrogen-bond donors (Lipinski definition) is 0. The van der Waals surface area contributed by atoms with Crippen LogP contribution in [-0.2, 0) is 6.54 Å². The topological polar surface area (TPSA) is 53.1 Å². The van der Waals surface area contributed by atoms with Crippen molar-refractivity contribution < 1.29 is 9.26 Å². The molecule has 0 atom stereocenters. The summed E-state index contributed by atoms with van der Waals surface area (Å²) in [6.45, 7) is 4.52. The summed E-state index contributed by atoms with van der Waals surface area (Å²) in [5.74, 6) is 1.62. The molecule has 0 aliphatic carbocycles. The zero-order valence-electron chi connectivity index (χ0n) is 15.6. The molecule has 0 unspecified atom stereocenters. The maximum atomic E-state index is 5.67. The van der Waals surface area contributed by atoms with E-state index < -0.39 is 0 Å². The van der Waals surface area contributed by atoms with Gasteiger partial charge in [-0.05, 0) is 31.5 Å². The maximum Gasteiger partial charge on any atom is 0.133 e. The largest absolute Gasteiger partial charge is 0.496 e. The minimum Gasteiger partial charge on any atom is -0.496 e. The van der Waals surface area contributed by atoms with Crippen LogP contribution in [0.15, 0.2) is 65.4 Å². The van der Waals surface area contributed by atoms with Gasteiger partial charge in [0, 0.05) is 17.2 Å². The molecule has 0 N–H and O–H groups in total. The highest BCUT2D eigenvalue weighted by atomic mass is 16.5. The summed E-state index contributed by atoms with van der Waals surface area (Å²) in [4.78, 5) is 4.71. The lowest BCUT2D eigenvalue weighted by molar-refractivity contribution is 0.389. The quantitative estimate of drug-likeness (QED) is 0.510. The normalized spacial score (nSPS) is 10.9. The highest BCUT2D eigenvalue weighted by Crippen LogP contribution is 2.37. The fourth-order valence-electron chi connectivity index (χ4n) is 3.25. The van der Waals surface area contributed by atoms with Crippen LogP contribution in [0.3, 0.4) is 0 Å². The van der Waals surface area contributed by atoms with Crippen molar-refractivity contribution in [1.82, 2.24) is 14.7 Å². The Balaban J connectivity index is 1.90. The third-order valence-corrected chi connectivity index (χ3v) is 4.51. The van der Waals surface area contributed by atoms with Gasteiger partial charge in [0.05, 0.1) is 31.4 Å². The fraction of sp³-hybridized carbons (Fsp3) is 0.182. The van der Waals surface area contributed by atoms with E-state index >= 15 is 0 Å². The third-order valence-electron chi connectivity index (χ3n) is 4.51. The molecule has 2 aromatic heterocycles. The minimum atomic E-state index is 0.573. The van der Waals surface area contributed by atoms with E-state index in [0.717, 1.165) is 45.3 Å². The van der Waals surface area contributed by atoms with E-state index in [0.29, 0.717) is 6.54 Å². The number of hydrogen-bond acceptors (Lipinski definition) is 4. The fourth-order valence-corrected chi connectivity index (χ4v) is 3.25. The molecule has 2 heterocycles. The SMILES string of the molecule is COc1cc(C)ccc1-c1c(-c2ccccc2)ncn1Cc1cc(C)on1. The van der Waals surface area contributed by atoms with Gasteiger partial charge in [-0.2, -0.15) is 0 Å². The van der Waals surface area contributed by atoms with E-state index in [9.17, 15) is 0 Å². The second-order valence-electron chi connectivity index (χ2n) is 6.57. The summed E-state index contributed by atoms with van der Waals surface area (Å²) < 4.78 is 13.0. The lowest BCUT2D eigenvalue weighted by Gasteiger charge is -2.14. The second-order valence-corrected chi connectivity index (χ2v) is 6.57. The molecule has 4 rings (SSSR count). The number of aromatic nitrogens is 3. The zero-order valence-corrected chi connectivity index (χ0v) is 15.6. The minimum absolute atomic E-state index is 0.573. The van der Waals surface area contributed by atoms with Crippen LogP contribution in [0.25, 0.3) is 22.5 Å². The van der Waals surface area contributed by atoms with Crippen molar-refractivity contribution in [1.29, 1.82) is 0 Å². The van der Waals surface area contributed by atoms with Crippen LogP contribution in [0.4, 0.5) is 0 Å². The molecule has 0 saturated carbocycles. The molecular weight excluding hydrogens is 338 g/mol. The average molecular weight is 359 g/mol. The van der Waals surface area contributed by atoms with Crippen LogP contribution in [0.2, 0.25) is 0 Å². The zero-order chi connectivity index (χ0) is 18.8. The number of aryl methyl sites for hydroxylation is 2. The lowest BCUT2D eigenvalue weighted by atomic mass is 10.0. The van der Waals surface area contributed by atoms with Gasteiger partial charge < -0.3 is 13.8 Å². The molecule has 136 valence electrons. The van der Waals surface area contributed by atoms with E-state index in [4.69, 9.17) is 14.2 Å². The molecule has 0 amide bonds. The number of ether oxygens (including phenoxy) is 1. The van der Waals surface area contributed by atoms with Crippen LogP contribution in [0, 0.1) is 13.8 Å². The Hall–Kier alpha value is -3.34. The lowest BCUT2D eigenvalue weighted by Crippen LogP contribution is -2.02. The molecule has 27 heavy (non-hydrogen) atoms. The van der Waals surface area contributed by atoms with E-state index in [1.165, 1.54) is 0 Å². The number of rotatable bonds is 5. The van der Waals surface area contributed by atoms with Gasteiger partial charge in [-0.1, -0.05) is 41.6 Å². The first-order valence-corrected chi connectivity index (χ1v) is 8.83. The number of methoxy groups -OCH3 is 1. The van der Waals surface area contributed by atoms with Crippen LogP contribution >= 0.6 is 0 Å². The van der Waals surface area contributed by atoms with Gasteiger partial charge in [-0.3, -0.25) is 0 Å². The van der Waals surface area contributed by atoms with Gasteiger partial charge in [-0.15, -0.1) is 0 Å². The average Bonchev–Trinajstić information content (AvgIpc) is 3.29. The Morgan fingerprint density at radius 2 is 1.85 bits per heavy atom. The van der Waals surface area contributed by atoms with Crippen molar-refractivity contribution in [2.45, 2.75) is 20.4 Å². The first kappa shape index (κ1) is 17.1. The van der Waals surface area contributed by atoms with Crippen LogP contribution in [0.5, 0.6) is 5.75 Å². The number of imidazole rings is 1. The van der Waals surface area contributed by atoms with Crippen molar-refractivity contribution in [3.63, 3.8) is 0 Å². The summed E-state index contributed by atoms with van der Waals surface area (Å²) >= 11 is 0. The summed E-state index contributed by atoms with van der Waals surface area (Å²) in [6, 6.07) is 18.3. The van der Waals surface area contributed by atoms with Crippen molar-refractivity contribution in [2.75, 3.05) is 7.11 Å². The Bertz CT molecular complexity index is 1060. The van der Waals surface area contributed by atoms with E-state index in [1.807, 2.05) is 43.6 Å². The molecule has 0 bridgehead atoms. The first-order chi connectivity index (χ1) is 13.2. The Morgan fingerprint density at radius 1 is 1.04 bits per heavy atom. The highest BCUT2D eigenvalue weighted by Gasteiger charge is 2.19. The molecule has 2 aromatic carbocycles. The molecule has 0 aliphatic rings. The summed E-state index contributed by atoms with van der Waals surface area (Å²) in [5, 5.41) is 4.13. The van der Waals surface area contributed by atoms with Crippen LogP contribution in [-0.4, -0.2) is 21.8 Å². The van der Waals surface area contributed by atoms with Gasteiger partial charge in [0.1, 0.15) is 17.2 Å². The molecular formula is C22H21N3O2. The molecule has 0 spiro atoms. The molecule has 0 aliphatic heterocycles. The van der Waals surface area contributed by atoms with Gasteiger partial charge in [0.2, 0.25) is 0 Å².